The van der Waals surface area contributed by atoms with E-state index in [0.717, 1.165) is 5.56 Å². The Morgan fingerprint density at radius 1 is 1.22 bits per heavy atom. The highest BCUT2D eigenvalue weighted by molar-refractivity contribution is 6.30. The van der Waals surface area contributed by atoms with Crippen LogP contribution in [0.2, 0.25) is 5.02 Å². The molecule has 2 atom stereocenters. The fourth-order valence-corrected chi connectivity index (χ4v) is 2.54. The summed E-state index contributed by atoms with van der Waals surface area (Å²) in [6.07, 6.45) is -0.902. The SMILES string of the molecule is CCOc1cccc(CC(C(=O)O)C(O)c2ccc(Cl)cc2)c1. The van der Waals surface area contributed by atoms with Gasteiger partial charge in [-0.05, 0) is 48.7 Å². The summed E-state index contributed by atoms with van der Waals surface area (Å²) in [7, 11) is 0. The molecule has 4 nitrogen and oxygen atoms in total. The van der Waals surface area contributed by atoms with Crippen molar-refractivity contribution in [3.05, 3.63) is 64.7 Å². The maximum absolute atomic E-state index is 11.6. The van der Waals surface area contributed by atoms with Crippen molar-refractivity contribution in [2.24, 2.45) is 5.92 Å². The molecule has 0 saturated carbocycles. The van der Waals surface area contributed by atoms with Crippen LogP contribution in [0.25, 0.3) is 0 Å². The number of ether oxygens (including phenoxy) is 1. The summed E-state index contributed by atoms with van der Waals surface area (Å²) < 4.78 is 5.42. The van der Waals surface area contributed by atoms with Gasteiger partial charge in [0.25, 0.3) is 0 Å². The summed E-state index contributed by atoms with van der Waals surface area (Å²) >= 11 is 5.82. The van der Waals surface area contributed by atoms with E-state index in [1.165, 1.54) is 0 Å². The highest BCUT2D eigenvalue weighted by atomic mass is 35.5. The molecule has 5 heteroatoms. The van der Waals surface area contributed by atoms with Gasteiger partial charge in [0, 0.05) is 5.02 Å². The minimum atomic E-state index is -1.11. The number of carboxylic acid groups (broad SMARTS) is 1. The molecule has 0 fully saturated rings. The number of aliphatic carboxylic acids is 1. The molecular formula is C18H19ClO4. The third-order valence-corrected chi connectivity index (χ3v) is 3.83. The smallest absolute Gasteiger partial charge is 0.309 e. The van der Waals surface area contributed by atoms with E-state index in [-0.39, 0.29) is 6.42 Å². The van der Waals surface area contributed by atoms with Gasteiger partial charge in [-0.2, -0.15) is 0 Å². The molecule has 2 aromatic carbocycles. The molecule has 0 saturated heterocycles. The van der Waals surface area contributed by atoms with Gasteiger partial charge in [0.05, 0.1) is 18.6 Å². The Balaban J connectivity index is 2.19. The van der Waals surface area contributed by atoms with Crippen LogP contribution in [-0.4, -0.2) is 22.8 Å². The zero-order chi connectivity index (χ0) is 16.8. The Morgan fingerprint density at radius 2 is 1.91 bits per heavy atom. The number of aliphatic hydroxyl groups is 1. The van der Waals surface area contributed by atoms with Crippen molar-refractivity contribution in [1.29, 1.82) is 0 Å². The first kappa shape index (κ1) is 17.3. The largest absolute Gasteiger partial charge is 0.494 e. The van der Waals surface area contributed by atoms with Gasteiger partial charge in [-0.25, -0.2) is 0 Å². The summed E-state index contributed by atoms with van der Waals surface area (Å²) in [5.74, 6) is -1.31. The van der Waals surface area contributed by atoms with E-state index in [4.69, 9.17) is 16.3 Å². The molecule has 23 heavy (non-hydrogen) atoms. The molecular weight excluding hydrogens is 316 g/mol. The molecule has 0 radical (unpaired) electrons. The van der Waals surface area contributed by atoms with E-state index in [2.05, 4.69) is 0 Å². The van der Waals surface area contributed by atoms with E-state index < -0.39 is 18.0 Å². The number of hydrogen-bond acceptors (Lipinski definition) is 3. The Hall–Kier alpha value is -2.04. The van der Waals surface area contributed by atoms with Crippen LogP contribution in [0, 0.1) is 5.92 Å². The molecule has 0 spiro atoms. The molecule has 122 valence electrons. The van der Waals surface area contributed by atoms with Crippen LogP contribution in [0.1, 0.15) is 24.2 Å². The molecule has 0 bridgehead atoms. The maximum atomic E-state index is 11.6. The van der Waals surface area contributed by atoms with E-state index >= 15 is 0 Å². The number of rotatable bonds is 7. The zero-order valence-electron chi connectivity index (χ0n) is 12.8. The lowest BCUT2D eigenvalue weighted by Crippen LogP contribution is -2.24. The lowest BCUT2D eigenvalue weighted by molar-refractivity contribution is -0.145. The van der Waals surface area contributed by atoms with Gasteiger partial charge in [0.1, 0.15) is 5.75 Å². The van der Waals surface area contributed by atoms with Gasteiger partial charge < -0.3 is 14.9 Å². The van der Waals surface area contributed by atoms with Gasteiger partial charge in [0.2, 0.25) is 0 Å². The van der Waals surface area contributed by atoms with Gasteiger partial charge >= 0.3 is 5.97 Å². The average Bonchev–Trinajstić information content (AvgIpc) is 2.53. The molecule has 2 N–H and O–H groups in total. The molecule has 2 aromatic rings. The number of benzene rings is 2. The zero-order valence-corrected chi connectivity index (χ0v) is 13.5. The molecule has 2 unspecified atom stereocenters. The molecule has 2 rings (SSSR count). The first-order chi connectivity index (χ1) is 11.0. The van der Waals surface area contributed by atoms with Gasteiger partial charge in [-0.3, -0.25) is 4.79 Å². The number of hydrogen-bond donors (Lipinski definition) is 2. The Bertz CT molecular complexity index is 654. The third kappa shape index (κ3) is 4.71. The first-order valence-electron chi connectivity index (χ1n) is 7.39. The average molecular weight is 335 g/mol. The van der Waals surface area contributed by atoms with Crippen molar-refractivity contribution in [2.45, 2.75) is 19.4 Å². The summed E-state index contributed by atoms with van der Waals surface area (Å²) in [5.41, 5.74) is 1.33. The number of halogens is 1. The topological polar surface area (TPSA) is 66.8 Å². The lowest BCUT2D eigenvalue weighted by atomic mass is 9.90. The first-order valence-corrected chi connectivity index (χ1v) is 7.77. The van der Waals surface area contributed by atoms with E-state index in [1.807, 2.05) is 25.1 Å². The van der Waals surface area contributed by atoms with Crippen LogP contribution in [0.3, 0.4) is 0 Å². The Labute approximate surface area is 140 Å². The molecule has 0 heterocycles. The van der Waals surface area contributed by atoms with E-state index in [9.17, 15) is 15.0 Å². The highest BCUT2D eigenvalue weighted by Crippen LogP contribution is 2.27. The monoisotopic (exact) mass is 334 g/mol. The normalized spacial score (nSPS) is 13.3. The van der Waals surface area contributed by atoms with Crippen molar-refractivity contribution in [1.82, 2.24) is 0 Å². The fourth-order valence-electron chi connectivity index (χ4n) is 2.41. The predicted octanol–water partition coefficient (Wildman–Crippen LogP) is 3.72. The molecule has 0 aromatic heterocycles. The second-order valence-corrected chi connectivity index (χ2v) is 5.66. The van der Waals surface area contributed by atoms with Crippen LogP contribution in [-0.2, 0) is 11.2 Å². The quantitative estimate of drug-likeness (QED) is 0.810. The van der Waals surface area contributed by atoms with Crippen molar-refractivity contribution < 1.29 is 19.7 Å². The minimum Gasteiger partial charge on any atom is -0.494 e. The third-order valence-electron chi connectivity index (χ3n) is 3.57. The van der Waals surface area contributed by atoms with Gasteiger partial charge in [0.15, 0.2) is 0 Å². The van der Waals surface area contributed by atoms with Crippen LogP contribution >= 0.6 is 11.6 Å². The molecule has 0 amide bonds. The summed E-state index contributed by atoms with van der Waals surface area (Å²) in [6.45, 7) is 2.43. The standard InChI is InChI=1S/C18H19ClO4/c1-2-23-15-5-3-4-12(10-15)11-16(18(21)22)17(20)13-6-8-14(19)9-7-13/h3-10,16-17,20H,2,11H2,1H3,(H,21,22). The van der Waals surface area contributed by atoms with Gasteiger partial charge in [-0.1, -0.05) is 35.9 Å². The van der Waals surface area contributed by atoms with Crippen LogP contribution in [0.5, 0.6) is 5.75 Å². The van der Waals surface area contributed by atoms with Crippen LogP contribution in [0.4, 0.5) is 0 Å². The lowest BCUT2D eigenvalue weighted by Gasteiger charge is -2.20. The van der Waals surface area contributed by atoms with Crippen molar-refractivity contribution >= 4 is 17.6 Å². The summed E-state index contributed by atoms with van der Waals surface area (Å²) in [6, 6.07) is 13.8. The van der Waals surface area contributed by atoms with Crippen molar-refractivity contribution in [2.75, 3.05) is 6.61 Å². The number of carbonyl (C=O) groups is 1. The predicted molar refractivity (Wildman–Crippen MR) is 88.9 cm³/mol. The summed E-state index contributed by atoms with van der Waals surface area (Å²) in [4.78, 5) is 11.6. The highest BCUT2D eigenvalue weighted by Gasteiger charge is 2.28. The number of aliphatic hydroxyl groups excluding tert-OH is 1. The second-order valence-electron chi connectivity index (χ2n) is 5.23. The maximum Gasteiger partial charge on any atom is 0.309 e. The molecule has 0 aliphatic heterocycles. The fraction of sp³-hybridized carbons (Fsp3) is 0.278. The number of carboxylic acids is 1. The second kappa shape index (κ2) is 7.99. The van der Waals surface area contributed by atoms with Crippen LogP contribution in [0.15, 0.2) is 48.5 Å². The minimum absolute atomic E-state index is 0.208. The summed E-state index contributed by atoms with van der Waals surface area (Å²) in [5, 5.41) is 20.4. The van der Waals surface area contributed by atoms with Crippen LogP contribution < -0.4 is 4.74 Å². The van der Waals surface area contributed by atoms with E-state index in [0.29, 0.717) is 22.9 Å². The Kier molecular flexibility index (Phi) is 6.02. The Morgan fingerprint density at radius 3 is 2.52 bits per heavy atom. The van der Waals surface area contributed by atoms with E-state index in [1.54, 1.807) is 30.3 Å². The van der Waals surface area contributed by atoms with Gasteiger partial charge in [-0.15, -0.1) is 0 Å². The molecule has 0 aliphatic carbocycles. The van der Waals surface area contributed by atoms with Crippen molar-refractivity contribution in [3.8, 4) is 5.75 Å². The van der Waals surface area contributed by atoms with Crippen molar-refractivity contribution in [3.63, 3.8) is 0 Å². The molecule has 0 aliphatic rings.